The van der Waals surface area contributed by atoms with Gasteiger partial charge in [0.25, 0.3) is 0 Å². The SMILES string of the molecule is COCC(C)N(C)CC(=O)Nc1ccccc1N. The van der Waals surface area contributed by atoms with Crippen molar-refractivity contribution in [2.24, 2.45) is 0 Å². The minimum Gasteiger partial charge on any atom is -0.397 e. The summed E-state index contributed by atoms with van der Waals surface area (Å²) in [5.41, 5.74) is 6.98. The van der Waals surface area contributed by atoms with Gasteiger partial charge in [0.2, 0.25) is 5.91 Å². The molecule has 5 heteroatoms. The number of rotatable bonds is 6. The minimum atomic E-state index is -0.0849. The van der Waals surface area contributed by atoms with Gasteiger partial charge in [0, 0.05) is 13.2 Å². The molecule has 1 amide bonds. The first-order valence-electron chi connectivity index (χ1n) is 5.88. The van der Waals surface area contributed by atoms with E-state index in [-0.39, 0.29) is 11.9 Å². The van der Waals surface area contributed by atoms with Crippen molar-refractivity contribution in [1.29, 1.82) is 0 Å². The number of anilines is 2. The number of amides is 1. The van der Waals surface area contributed by atoms with Crippen LogP contribution in [0.25, 0.3) is 0 Å². The number of carbonyl (C=O) groups excluding carboxylic acids is 1. The molecule has 0 aliphatic rings. The third kappa shape index (κ3) is 4.35. The number of carbonyl (C=O) groups is 1. The standard InChI is InChI=1S/C13H21N3O2/c1-10(9-18-3)16(2)8-13(17)15-12-7-5-4-6-11(12)14/h4-7,10H,8-9,14H2,1-3H3,(H,15,17). The Hall–Kier alpha value is -1.59. The molecule has 0 aromatic heterocycles. The molecule has 3 N–H and O–H groups in total. The molecule has 18 heavy (non-hydrogen) atoms. The van der Waals surface area contributed by atoms with E-state index in [4.69, 9.17) is 10.5 Å². The summed E-state index contributed by atoms with van der Waals surface area (Å²) in [6.07, 6.45) is 0. The second kappa shape index (κ2) is 6.98. The molecule has 0 saturated carbocycles. The maximum absolute atomic E-state index is 11.8. The Kier molecular flexibility index (Phi) is 5.61. The highest BCUT2D eigenvalue weighted by Crippen LogP contribution is 2.16. The van der Waals surface area contributed by atoms with Gasteiger partial charge in [-0.3, -0.25) is 9.69 Å². The summed E-state index contributed by atoms with van der Waals surface area (Å²) in [6, 6.07) is 7.40. The van der Waals surface area contributed by atoms with Gasteiger partial charge in [0.15, 0.2) is 0 Å². The van der Waals surface area contributed by atoms with Crippen LogP contribution in [0.1, 0.15) is 6.92 Å². The van der Waals surface area contributed by atoms with Gasteiger partial charge < -0.3 is 15.8 Å². The summed E-state index contributed by atoms with van der Waals surface area (Å²) in [7, 11) is 3.53. The highest BCUT2D eigenvalue weighted by atomic mass is 16.5. The molecule has 0 radical (unpaired) electrons. The van der Waals surface area contributed by atoms with Gasteiger partial charge in [-0.05, 0) is 26.1 Å². The largest absolute Gasteiger partial charge is 0.397 e. The first-order chi connectivity index (χ1) is 8.54. The van der Waals surface area contributed by atoms with Crippen molar-refractivity contribution < 1.29 is 9.53 Å². The number of para-hydroxylation sites is 2. The van der Waals surface area contributed by atoms with Crippen molar-refractivity contribution >= 4 is 17.3 Å². The number of likely N-dealkylation sites (N-methyl/N-ethyl adjacent to an activating group) is 1. The van der Waals surface area contributed by atoms with Crippen molar-refractivity contribution in [3.8, 4) is 0 Å². The Bertz CT molecular complexity index is 396. The fourth-order valence-electron chi connectivity index (χ4n) is 1.55. The lowest BCUT2D eigenvalue weighted by Crippen LogP contribution is -2.38. The Morgan fingerprint density at radius 3 is 2.78 bits per heavy atom. The van der Waals surface area contributed by atoms with Crippen molar-refractivity contribution in [2.75, 3.05) is 38.4 Å². The molecule has 5 nitrogen and oxygen atoms in total. The molecular weight excluding hydrogens is 230 g/mol. The highest BCUT2D eigenvalue weighted by molar-refractivity contribution is 5.95. The maximum atomic E-state index is 11.8. The number of nitrogens with zero attached hydrogens (tertiary/aromatic N) is 1. The lowest BCUT2D eigenvalue weighted by atomic mass is 10.2. The van der Waals surface area contributed by atoms with E-state index in [0.717, 1.165) is 0 Å². The van der Waals surface area contributed by atoms with Crippen LogP contribution in [0.4, 0.5) is 11.4 Å². The summed E-state index contributed by atoms with van der Waals surface area (Å²) >= 11 is 0. The van der Waals surface area contributed by atoms with Crippen LogP contribution < -0.4 is 11.1 Å². The normalized spacial score (nSPS) is 12.4. The van der Waals surface area contributed by atoms with Crippen LogP contribution in [-0.2, 0) is 9.53 Å². The molecular formula is C13H21N3O2. The Labute approximate surface area is 108 Å². The van der Waals surface area contributed by atoms with Crippen LogP contribution in [0.15, 0.2) is 24.3 Å². The molecule has 100 valence electrons. The zero-order valence-electron chi connectivity index (χ0n) is 11.1. The first kappa shape index (κ1) is 14.5. The second-order valence-electron chi connectivity index (χ2n) is 4.35. The van der Waals surface area contributed by atoms with Crippen LogP contribution >= 0.6 is 0 Å². The van der Waals surface area contributed by atoms with E-state index in [1.165, 1.54) is 0 Å². The van der Waals surface area contributed by atoms with Crippen LogP contribution in [0, 0.1) is 0 Å². The van der Waals surface area contributed by atoms with Crippen molar-refractivity contribution in [3.63, 3.8) is 0 Å². The molecule has 1 atom stereocenters. The fraction of sp³-hybridized carbons (Fsp3) is 0.462. The third-order valence-corrected chi connectivity index (χ3v) is 2.79. The number of hydrogen-bond donors (Lipinski definition) is 2. The Balaban J connectivity index is 2.49. The van der Waals surface area contributed by atoms with E-state index < -0.39 is 0 Å². The molecule has 0 heterocycles. The molecule has 1 aromatic rings. The predicted molar refractivity (Wildman–Crippen MR) is 73.5 cm³/mol. The molecule has 0 fully saturated rings. The van der Waals surface area contributed by atoms with Crippen LogP contribution in [0.5, 0.6) is 0 Å². The van der Waals surface area contributed by atoms with E-state index in [1.807, 2.05) is 31.0 Å². The number of nitrogens with one attached hydrogen (secondary N) is 1. The molecule has 0 spiro atoms. The average molecular weight is 251 g/mol. The van der Waals surface area contributed by atoms with Gasteiger partial charge in [-0.2, -0.15) is 0 Å². The Morgan fingerprint density at radius 2 is 2.17 bits per heavy atom. The average Bonchev–Trinajstić information content (AvgIpc) is 2.32. The van der Waals surface area contributed by atoms with Gasteiger partial charge in [-0.1, -0.05) is 12.1 Å². The van der Waals surface area contributed by atoms with Crippen LogP contribution in [0.2, 0.25) is 0 Å². The third-order valence-electron chi connectivity index (χ3n) is 2.79. The summed E-state index contributed by atoms with van der Waals surface area (Å²) < 4.78 is 5.05. The smallest absolute Gasteiger partial charge is 0.238 e. The second-order valence-corrected chi connectivity index (χ2v) is 4.35. The molecule has 0 aliphatic heterocycles. The zero-order valence-corrected chi connectivity index (χ0v) is 11.1. The van der Waals surface area contributed by atoms with Gasteiger partial charge in [-0.15, -0.1) is 0 Å². The minimum absolute atomic E-state index is 0.0849. The van der Waals surface area contributed by atoms with E-state index in [0.29, 0.717) is 24.5 Å². The molecule has 0 saturated heterocycles. The monoisotopic (exact) mass is 251 g/mol. The van der Waals surface area contributed by atoms with Crippen molar-refractivity contribution in [3.05, 3.63) is 24.3 Å². The zero-order chi connectivity index (χ0) is 13.5. The molecule has 1 unspecified atom stereocenters. The summed E-state index contributed by atoms with van der Waals surface area (Å²) in [5.74, 6) is -0.0849. The lowest BCUT2D eigenvalue weighted by molar-refractivity contribution is -0.117. The number of ether oxygens (including phenoxy) is 1. The van der Waals surface area contributed by atoms with Gasteiger partial charge >= 0.3 is 0 Å². The summed E-state index contributed by atoms with van der Waals surface area (Å²) in [4.78, 5) is 13.8. The number of benzene rings is 1. The predicted octanol–water partition coefficient (Wildman–Crippen LogP) is 1.17. The topological polar surface area (TPSA) is 67.6 Å². The number of nitrogen functional groups attached to an aromatic ring is 1. The quantitative estimate of drug-likeness (QED) is 0.745. The summed E-state index contributed by atoms with van der Waals surface area (Å²) in [5, 5.41) is 2.79. The fourth-order valence-corrected chi connectivity index (χ4v) is 1.55. The van der Waals surface area contributed by atoms with Crippen molar-refractivity contribution in [2.45, 2.75) is 13.0 Å². The van der Waals surface area contributed by atoms with E-state index in [1.54, 1.807) is 19.2 Å². The molecule has 0 aliphatic carbocycles. The number of nitrogens with two attached hydrogens (primary N) is 1. The van der Waals surface area contributed by atoms with Gasteiger partial charge in [0.05, 0.1) is 24.5 Å². The number of hydrogen-bond acceptors (Lipinski definition) is 4. The Morgan fingerprint density at radius 1 is 1.50 bits per heavy atom. The van der Waals surface area contributed by atoms with Crippen LogP contribution in [-0.4, -0.2) is 44.2 Å². The summed E-state index contributed by atoms with van der Waals surface area (Å²) in [6.45, 7) is 2.91. The van der Waals surface area contributed by atoms with Gasteiger partial charge in [0.1, 0.15) is 0 Å². The van der Waals surface area contributed by atoms with E-state index in [2.05, 4.69) is 5.32 Å². The van der Waals surface area contributed by atoms with E-state index >= 15 is 0 Å². The van der Waals surface area contributed by atoms with Crippen LogP contribution in [0.3, 0.4) is 0 Å². The number of methoxy groups -OCH3 is 1. The molecule has 1 rings (SSSR count). The van der Waals surface area contributed by atoms with Gasteiger partial charge in [-0.25, -0.2) is 0 Å². The first-order valence-corrected chi connectivity index (χ1v) is 5.88. The van der Waals surface area contributed by atoms with Crippen molar-refractivity contribution in [1.82, 2.24) is 4.90 Å². The molecule has 1 aromatic carbocycles. The maximum Gasteiger partial charge on any atom is 0.238 e. The highest BCUT2D eigenvalue weighted by Gasteiger charge is 2.13. The van der Waals surface area contributed by atoms with E-state index in [9.17, 15) is 4.79 Å². The lowest BCUT2D eigenvalue weighted by Gasteiger charge is -2.23. The molecule has 0 bridgehead atoms.